The second-order valence-corrected chi connectivity index (χ2v) is 11.9. The summed E-state index contributed by atoms with van der Waals surface area (Å²) >= 11 is 0. The first-order valence-electron chi connectivity index (χ1n) is 13.4. The summed E-state index contributed by atoms with van der Waals surface area (Å²) in [4.78, 5) is 28.1. The monoisotopic (exact) mass is 599 g/mol. The molecule has 0 fully saturated rings. The maximum Gasteiger partial charge on any atom is 0.264 e. The molecule has 0 saturated carbocycles. The van der Waals surface area contributed by atoms with Gasteiger partial charge in [-0.25, -0.2) is 12.8 Å². The minimum atomic E-state index is -4.37. The Bertz CT molecular complexity index is 1510. The molecular weight excluding hydrogens is 565 g/mol. The SMILES string of the molecule is COc1ccc(CN(C(=O)CN(c2ccc(F)cc2)S(=O)(=O)c2ccc3c(c2)OCCO3)C(C)C(=O)NC(C)C)cc1. The average Bonchev–Trinajstić information content (AvgIpc) is 2.98. The van der Waals surface area contributed by atoms with Crippen molar-refractivity contribution in [3.05, 3.63) is 78.1 Å². The van der Waals surface area contributed by atoms with E-state index in [0.717, 1.165) is 16.4 Å². The van der Waals surface area contributed by atoms with Gasteiger partial charge in [-0.2, -0.15) is 0 Å². The van der Waals surface area contributed by atoms with E-state index in [2.05, 4.69) is 5.32 Å². The quantitative estimate of drug-likeness (QED) is 0.357. The molecule has 1 N–H and O–H groups in total. The molecule has 3 aromatic carbocycles. The number of hydrogen-bond acceptors (Lipinski definition) is 7. The van der Waals surface area contributed by atoms with Crippen molar-refractivity contribution < 1.29 is 36.6 Å². The van der Waals surface area contributed by atoms with Crippen LogP contribution in [0.5, 0.6) is 17.2 Å². The Morgan fingerprint density at radius 2 is 1.60 bits per heavy atom. The molecule has 4 rings (SSSR count). The van der Waals surface area contributed by atoms with Gasteiger partial charge in [0.2, 0.25) is 11.8 Å². The highest BCUT2D eigenvalue weighted by Crippen LogP contribution is 2.34. The van der Waals surface area contributed by atoms with E-state index >= 15 is 0 Å². The van der Waals surface area contributed by atoms with Gasteiger partial charge in [-0.05, 0) is 74.9 Å². The van der Waals surface area contributed by atoms with Crippen LogP contribution in [0, 0.1) is 5.82 Å². The molecule has 12 heteroatoms. The molecule has 10 nitrogen and oxygen atoms in total. The number of methoxy groups -OCH3 is 1. The third-order valence-corrected chi connectivity index (χ3v) is 8.38. The summed E-state index contributed by atoms with van der Waals surface area (Å²) in [6.45, 7) is 5.15. The maximum absolute atomic E-state index is 14.0. The Kier molecular flexibility index (Phi) is 9.56. The highest BCUT2D eigenvalue weighted by molar-refractivity contribution is 7.92. The zero-order chi connectivity index (χ0) is 30.4. The van der Waals surface area contributed by atoms with Crippen molar-refractivity contribution in [3.63, 3.8) is 0 Å². The maximum atomic E-state index is 14.0. The van der Waals surface area contributed by atoms with E-state index in [1.165, 1.54) is 42.3 Å². The Morgan fingerprint density at radius 3 is 2.21 bits per heavy atom. The highest BCUT2D eigenvalue weighted by Gasteiger charge is 2.33. The summed E-state index contributed by atoms with van der Waals surface area (Å²) in [5, 5.41) is 2.81. The van der Waals surface area contributed by atoms with Crippen LogP contribution >= 0.6 is 0 Å². The fourth-order valence-electron chi connectivity index (χ4n) is 4.36. The van der Waals surface area contributed by atoms with Gasteiger partial charge in [0.25, 0.3) is 10.0 Å². The lowest BCUT2D eigenvalue weighted by Crippen LogP contribution is -2.52. The predicted molar refractivity (Wildman–Crippen MR) is 155 cm³/mol. The topological polar surface area (TPSA) is 114 Å². The van der Waals surface area contributed by atoms with Crippen molar-refractivity contribution in [1.29, 1.82) is 0 Å². The number of nitrogens with one attached hydrogen (secondary N) is 1. The van der Waals surface area contributed by atoms with Crippen molar-refractivity contribution >= 4 is 27.5 Å². The van der Waals surface area contributed by atoms with Crippen molar-refractivity contribution in [1.82, 2.24) is 10.2 Å². The number of sulfonamides is 1. The smallest absolute Gasteiger partial charge is 0.264 e. The van der Waals surface area contributed by atoms with Crippen molar-refractivity contribution in [2.24, 2.45) is 0 Å². The number of carbonyl (C=O) groups is 2. The van der Waals surface area contributed by atoms with Crippen LogP contribution in [0.3, 0.4) is 0 Å². The highest BCUT2D eigenvalue weighted by atomic mass is 32.2. The second kappa shape index (κ2) is 13.1. The van der Waals surface area contributed by atoms with Crippen LogP contribution < -0.4 is 23.8 Å². The average molecular weight is 600 g/mol. The zero-order valence-electron chi connectivity index (χ0n) is 23.9. The van der Waals surface area contributed by atoms with Crippen molar-refractivity contribution in [2.45, 2.75) is 44.3 Å². The number of anilines is 1. The zero-order valence-corrected chi connectivity index (χ0v) is 24.7. The number of rotatable bonds is 11. The van der Waals surface area contributed by atoms with Crippen molar-refractivity contribution in [3.8, 4) is 17.2 Å². The molecule has 0 aromatic heterocycles. The van der Waals surface area contributed by atoms with Gasteiger partial charge in [-0.15, -0.1) is 0 Å². The number of fused-ring (bicyclic) bond motifs is 1. The van der Waals surface area contributed by atoms with Gasteiger partial charge < -0.3 is 24.4 Å². The summed E-state index contributed by atoms with van der Waals surface area (Å²) in [5.41, 5.74) is 0.777. The Balaban J connectivity index is 1.71. The van der Waals surface area contributed by atoms with Crippen LogP contribution in [0.1, 0.15) is 26.3 Å². The fourth-order valence-corrected chi connectivity index (χ4v) is 5.79. The summed E-state index contributed by atoms with van der Waals surface area (Å²) in [5.74, 6) is -0.317. The minimum absolute atomic E-state index is 0.0246. The van der Waals surface area contributed by atoms with E-state index in [1.807, 2.05) is 0 Å². The second-order valence-electron chi connectivity index (χ2n) is 10.0. The number of benzene rings is 3. The molecule has 0 radical (unpaired) electrons. The standard InChI is InChI=1S/C30H34FN3O7S/c1-20(2)32-30(36)21(3)33(18-22-5-11-25(39-4)12-6-22)29(35)19-34(24-9-7-23(31)8-10-24)42(37,38)26-13-14-27-28(17-26)41-16-15-40-27/h5-14,17,20-21H,15-16,18-19H2,1-4H3,(H,32,36). The largest absolute Gasteiger partial charge is 0.497 e. The lowest BCUT2D eigenvalue weighted by atomic mass is 10.1. The molecule has 1 atom stereocenters. The van der Waals surface area contributed by atoms with Gasteiger partial charge >= 0.3 is 0 Å². The first-order valence-corrected chi connectivity index (χ1v) is 14.8. The summed E-state index contributed by atoms with van der Waals surface area (Å²) in [6, 6.07) is 14.8. The van der Waals surface area contributed by atoms with Crippen LogP contribution in [-0.2, 0) is 26.2 Å². The molecule has 2 amide bonds. The van der Waals surface area contributed by atoms with Crippen LogP contribution in [-0.4, -0.2) is 64.1 Å². The van der Waals surface area contributed by atoms with E-state index in [1.54, 1.807) is 45.0 Å². The Labute approximate surface area is 245 Å². The lowest BCUT2D eigenvalue weighted by molar-refractivity contribution is -0.139. The van der Waals surface area contributed by atoms with Gasteiger partial charge in [-0.1, -0.05) is 12.1 Å². The molecule has 1 heterocycles. The molecule has 224 valence electrons. The van der Waals surface area contributed by atoms with Crippen LogP contribution in [0.4, 0.5) is 10.1 Å². The molecule has 0 saturated heterocycles. The molecule has 0 aliphatic carbocycles. The van der Waals surface area contributed by atoms with Gasteiger partial charge in [0.1, 0.15) is 37.4 Å². The molecular formula is C30H34FN3O7S. The van der Waals surface area contributed by atoms with Crippen LogP contribution in [0.2, 0.25) is 0 Å². The fraction of sp³-hybridized carbons (Fsp3) is 0.333. The van der Waals surface area contributed by atoms with Gasteiger partial charge in [0.05, 0.1) is 17.7 Å². The van der Waals surface area contributed by atoms with E-state index in [9.17, 15) is 22.4 Å². The number of ether oxygens (including phenoxy) is 3. The molecule has 1 aliphatic rings. The number of carbonyl (C=O) groups excluding carboxylic acids is 2. The van der Waals surface area contributed by atoms with Gasteiger partial charge in [-0.3, -0.25) is 13.9 Å². The van der Waals surface area contributed by atoms with Gasteiger partial charge in [0, 0.05) is 18.7 Å². The third kappa shape index (κ3) is 7.11. The molecule has 1 aliphatic heterocycles. The first kappa shape index (κ1) is 30.6. The van der Waals surface area contributed by atoms with Crippen LogP contribution in [0.15, 0.2) is 71.6 Å². The van der Waals surface area contributed by atoms with Crippen LogP contribution in [0.25, 0.3) is 0 Å². The Hall–Kier alpha value is -4.32. The molecule has 0 spiro atoms. The predicted octanol–water partition coefficient (Wildman–Crippen LogP) is 3.74. The normalized spacial score (nSPS) is 13.3. The molecule has 42 heavy (non-hydrogen) atoms. The first-order chi connectivity index (χ1) is 20.0. The number of hydrogen-bond donors (Lipinski definition) is 1. The summed E-state index contributed by atoms with van der Waals surface area (Å²) in [7, 11) is -2.83. The van der Waals surface area contributed by atoms with Gasteiger partial charge in [0.15, 0.2) is 11.5 Å². The molecule has 1 unspecified atom stereocenters. The summed E-state index contributed by atoms with van der Waals surface area (Å²) in [6.07, 6.45) is 0. The number of nitrogens with zero attached hydrogens (tertiary/aromatic N) is 2. The third-order valence-electron chi connectivity index (χ3n) is 6.61. The van der Waals surface area contributed by atoms with E-state index in [4.69, 9.17) is 14.2 Å². The van der Waals surface area contributed by atoms with E-state index in [0.29, 0.717) is 23.7 Å². The lowest BCUT2D eigenvalue weighted by Gasteiger charge is -2.32. The number of amides is 2. The van der Waals surface area contributed by atoms with E-state index < -0.39 is 40.2 Å². The van der Waals surface area contributed by atoms with E-state index in [-0.39, 0.29) is 35.5 Å². The summed E-state index contributed by atoms with van der Waals surface area (Å²) < 4.78 is 59.0. The molecule has 3 aromatic rings. The minimum Gasteiger partial charge on any atom is -0.497 e. The van der Waals surface area contributed by atoms with Crippen molar-refractivity contribution in [2.75, 3.05) is 31.2 Å². The molecule has 0 bridgehead atoms. The Morgan fingerprint density at radius 1 is 0.952 bits per heavy atom. The number of halogens is 1.